The maximum absolute atomic E-state index is 12.0. The number of halogens is 3. The van der Waals surface area contributed by atoms with Crippen molar-refractivity contribution in [1.82, 2.24) is 5.32 Å². The molecule has 1 fully saturated rings. The first-order chi connectivity index (χ1) is 8.01. The van der Waals surface area contributed by atoms with Gasteiger partial charge in [0, 0.05) is 12.1 Å². The first-order valence-corrected chi connectivity index (χ1v) is 5.82. The Balaban J connectivity index is 2.58. The monoisotopic (exact) mass is 245 g/mol. The molecule has 0 aromatic heterocycles. The van der Waals surface area contributed by atoms with Crippen molar-refractivity contribution in [3.05, 3.63) is 36.0 Å². The molecule has 0 aliphatic carbocycles. The summed E-state index contributed by atoms with van der Waals surface area (Å²) in [7, 11) is 0. The van der Waals surface area contributed by atoms with Gasteiger partial charge in [0.15, 0.2) is 0 Å². The van der Waals surface area contributed by atoms with E-state index in [1.54, 1.807) is 0 Å². The molecule has 1 aliphatic rings. The van der Waals surface area contributed by atoms with Gasteiger partial charge in [-0.05, 0) is 38.3 Å². The fraction of sp³-hybridized carbons (Fsp3) is 0.538. The first kappa shape index (κ1) is 14.0. The van der Waals surface area contributed by atoms with Gasteiger partial charge >= 0.3 is 6.18 Å². The lowest BCUT2D eigenvalue weighted by atomic mass is 10.0. The number of nitrogens with one attached hydrogen (secondary N) is 1. The molecule has 96 valence electrons. The molecule has 1 atom stereocenters. The third-order valence-corrected chi connectivity index (χ3v) is 2.62. The first-order valence-electron chi connectivity index (χ1n) is 5.82. The summed E-state index contributed by atoms with van der Waals surface area (Å²) in [5, 5.41) is 3.33. The predicted molar refractivity (Wildman–Crippen MR) is 63.7 cm³/mol. The second-order valence-electron chi connectivity index (χ2n) is 4.14. The minimum atomic E-state index is -4.23. The highest BCUT2D eigenvalue weighted by molar-refractivity contribution is 5.25. The summed E-state index contributed by atoms with van der Waals surface area (Å²) in [4.78, 5) is 0. The molecular formula is C13H18F3N. The molecule has 0 aromatic rings. The van der Waals surface area contributed by atoms with Crippen LogP contribution in [0.2, 0.25) is 0 Å². The molecule has 4 heteroatoms. The predicted octanol–water partition coefficient (Wildman–Crippen LogP) is 3.75. The quantitative estimate of drug-likeness (QED) is 0.744. The van der Waals surface area contributed by atoms with Crippen LogP contribution in [-0.2, 0) is 0 Å². The Morgan fingerprint density at radius 3 is 2.71 bits per heavy atom. The fourth-order valence-electron chi connectivity index (χ4n) is 1.90. The molecule has 0 aromatic carbocycles. The number of allylic oxidation sites excluding steroid dienone is 5. The second kappa shape index (κ2) is 6.64. The molecule has 1 aliphatic heterocycles. The average Bonchev–Trinajstić information content (AvgIpc) is 2.68. The van der Waals surface area contributed by atoms with E-state index in [4.69, 9.17) is 0 Å². The van der Waals surface area contributed by atoms with Crippen LogP contribution in [0.15, 0.2) is 36.0 Å². The van der Waals surface area contributed by atoms with E-state index in [1.165, 1.54) is 6.08 Å². The van der Waals surface area contributed by atoms with Crippen LogP contribution in [0.3, 0.4) is 0 Å². The van der Waals surface area contributed by atoms with Crippen LogP contribution in [0.4, 0.5) is 13.2 Å². The van der Waals surface area contributed by atoms with E-state index in [-0.39, 0.29) is 6.08 Å². The number of hydrogen-bond donors (Lipinski definition) is 1. The molecule has 17 heavy (non-hydrogen) atoms. The molecule has 1 unspecified atom stereocenters. The largest absolute Gasteiger partial charge is 0.409 e. The van der Waals surface area contributed by atoms with Crippen LogP contribution in [0.1, 0.15) is 26.2 Å². The summed E-state index contributed by atoms with van der Waals surface area (Å²) in [6.45, 7) is 2.87. The highest BCUT2D eigenvalue weighted by atomic mass is 19.4. The van der Waals surface area contributed by atoms with Crippen molar-refractivity contribution in [1.29, 1.82) is 0 Å². The molecule has 1 N–H and O–H groups in total. The molecular weight excluding hydrogens is 227 g/mol. The van der Waals surface area contributed by atoms with Crippen molar-refractivity contribution < 1.29 is 13.2 Å². The minimum absolute atomic E-state index is 0.262. The van der Waals surface area contributed by atoms with Crippen molar-refractivity contribution in [2.75, 3.05) is 6.54 Å². The molecule has 0 spiro atoms. The number of hydrogen-bond acceptors (Lipinski definition) is 1. The Kier molecular flexibility index (Phi) is 5.48. The third kappa shape index (κ3) is 6.31. The fourth-order valence-corrected chi connectivity index (χ4v) is 1.90. The van der Waals surface area contributed by atoms with E-state index < -0.39 is 6.18 Å². The zero-order chi connectivity index (χ0) is 12.7. The normalized spacial score (nSPS) is 23.1. The zero-order valence-electron chi connectivity index (χ0n) is 9.93. The SMILES string of the molecule is C\C=C/C(=C\C=C\C(F)(F)F)CC1CCCN1. The van der Waals surface area contributed by atoms with E-state index in [0.29, 0.717) is 6.04 Å². The molecule has 1 rings (SSSR count). The van der Waals surface area contributed by atoms with Gasteiger partial charge in [-0.25, -0.2) is 0 Å². The Bertz CT molecular complexity index is 307. The number of alkyl halides is 3. The van der Waals surface area contributed by atoms with E-state index in [9.17, 15) is 13.2 Å². The Morgan fingerprint density at radius 2 is 2.18 bits per heavy atom. The van der Waals surface area contributed by atoms with E-state index in [0.717, 1.165) is 37.5 Å². The van der Waals surface area contributed by atoms with E-state index in [1.807, 2.05) is 19.1 Å². The van der Waals surface area contributed by atoms with Gasteiger partial charge in [-0.15, -0.1) is 0 Å². The van der Waals surface area contributed by atoms with Crippen LogP contribution < -0.4 is 5.32 Å². The van der Waals surface area contributed by atoms with Crippen molar-refractivity contribution in [2.24, 2.45) is 0 Å². The Hall–Kier alpha value is -1.03. The van der Waals surface area contributed by atoms with Gasteiger partial charge in [-0.3, -0.25) is 0 Å². The lowest BCUT2D eigenvalue weighted by molar-refractivity contribution is -0.0798. The molecule has 0 radical (unpaired) electrons. The highest BCUT2D eigenvalue weighted by Gasteiger charge is 2.21. The molecule has 1 heterocycles. The van der Waals surface area contributed by atoms with Crippen LogP contribution in [0.5, 0.6) is 0 Å². The summed E-state index contributed by atoms with van der Waals surface area (Å²) < 4.78 is 35.9. The van der Waals surface area contributed by atoms with Gasteiger partial charge in [0.25, 0.3) is 0 Å². The maximum Gasteiger partial charge on any atom is 0.409 e. The maximum atomic E-state index is 12.0. The van der Waals surface area contributed by atoms with Gasteiger partial charge in [-0.2, -0.15) is 13.2 Å². The van der Waals surface area contributed by atoms with Gasteiger partial charge < -0.3 is 5.32 Å². The topological polar surface area (TPSA) is 12.0 Å². The Morgan fingerprint density at radius 1 is 1.41 bits per heavy atom. The Labute approximate surface area is 100 Å². The van der Waals surface area contributed by atoms with Crippen LogP contribution in [0, 0.1) is 0 Å². The third-order valence-electron chi connectivity index (χ3n) is 2.62. The molecule has 0 bridgehead atoms. The van der Waals surface area contributed by atoms with E-state index >= 15 is 0 Å². The number of rotatable bonds is 4. The van der Waals surface area contributed by atoms with Crippen molar-refractivity contribution in [3.63, 3.8) is 0 Å². The second-order valence-corrected chi connectivity index (χ2v) is 4.14. The molecule has 1 nitrogen and oxygen atoms in total. The van der Waals surface area contributed by atoms with E-state index in [2.05, 4.69) is 5.32 Å². The summed E-state index contributed by atoms with van der Waals surface area (Å²) in [5.74, 6) is 0. The summed E-state index contributed by atoms with van der Waals surface area (Å²) >= 11 is 0. The average molecular weight is 245 g/mol. The molecule has 0 amide bonds. The van der Waals surface area contributed by atoms with Gasteiger partial charge in [-0.1, -0.05) is 24.3 Å². The van der Waals surface area contributed by atoms with Crippen LogP contribution in [0.25, 0.3) is 0 Å². The summed E-state index contributed by atoms with van der Waals surface area (Å²) in [6, 6.07) is 0.400. The smallest absolute Gasteiger partial charge is 0.314 e. The van der Waals surface area contributed by atoms with Crippen molar-refractivity contribution >= 4 is 0 Å². The van der Waals surface area contributed by atoms with Crippen LogP contribution >= 0.6 is 0 Å². The summed E-state index contributed by atoms with van der Waals surface area (Å²) in [6.07, 6.45) is 5.37. The van der Waals surface area contributed by atoms with Gasteiger partial charge in [0.1, 0.15) is 0 Å². The molecule has 1 saturated heterocycles. The zero-order valence-corrected chi connectivity index (χ0v) is 9.93. The lowest BCUT2D eigenvalue weighted by Crippen LogP contribution is -2.21. The summed E-state index contributed by atoms with van der Waals surface area (Å²) in [5.41, 5.74) is 0.924. The lowest BCUT2D eigenvalue weighted by Gasteiger charge is -2.10. The van der Waals surface area contributed by atoms with Gasteiger partial charge in [0.2, 0.25) is 0 Å². The van der Waals surface area contributed by atoms with Crippen LogP contribution in [-0.4, -0.2) is 18.8 Å². The minimum Gasteiger partial charge on any atom is -0.314 e. The molecule has 0 saturated carbocycles. The standard InChI is InChI=1S/C13H18F3N/c1-2-5-11(6-3-8-13(14,15)16)10-12-7-4-9-17-12/h2-3,5-6,8,12,17H,4,7,9-10H2,1H3/b5-2-,8-3+,11-6+. The van der Waals surface area contributed by atoms with Crippen molar-refractivity contribution in [2.45, 2.75) is 38.4 Å². The van der Waals surface area contributed by atoms with Crippen molar-refractivity contribution in [3.8, 4) is 0 Å². The van der Waals surface area contributed by atoms with Gasteiger partial charge in [0.05, 0.1) is 0 Å². The highest BCUT2D eigenvalue weighted by Crippen LogP contribution is 2.18.